The van der Waals surface area contributed by atoms with Crippen LogP contribution < -0.4 is 5.73 Å². The Morgan fingerprint density at radius 2 is 2.33 bits per heavy atom. The van der Waals surface area contributed by atoms with Crippen LogP contribution in [0.5, 0.6) is 0 Å². The van der Waals surface area contributed by atoms with Gasteiger partial charge in [-0.1, -0.05) is 23.9 Å². The van der Waals surface area contributed by atoms with E-state index in [0.717, 1.165) is 16.9 Å². The van der Waals surface area contributed by atoms with Gasteiger partial charge < -0.3 is 15.7 Å². The fourth-order valence-corrected chi connectivity index (χ4v) is 5.42. The van der Waals surface area contributed by atoms with Gasteiger partial charge in [0.2, 0.25) is 5.91 Å². The SMILES string of the molecule is CSc1cccc(C(N)[C@H]2CCC(=O)N2CCSc2nc(C(=O)O)cs2)c1. The Bertz CT molecular complexity index is 827. The van der Waals surface area contributed by atoms with E-state index in [1.54, 1.807) is 11.8 Å². The molecule has 3 rings (SSSR count). The molecule has 9 heteroatoms. The Morgan fingerprint density at radius 1 is 1.52 bits per heavy atom. The third-order valence-electron chi connectivity index (χ3n) is 4.53. The van der Waals surface area contributed by atoms with Gasteiger partial charge in [0.05, 0.1) is 12.1 Å². The van der Waals surface area contributed by atoms with Crippen molar-refractivity contribution in [2.24, 2.45) is 5.73 Å². The zero-order chi connectivity index (χ0) is 19.4. The maximum atomic E-state index is 12.3. The number of thioether (sulfide) groups is 2. The Kier molecular flexibility index (Phi) is 6.80. The van der Waals surface area contributed by atoms with Gasteiger partial charge in [0, 0.05) is 29.0 Å². The molecule has 0 aliphatic carbocycles. The van der Waals surface area contributed by atoms with Crippen LogP contribution in [-0.4, -0.2) is 51.5 Å². The summed E-state index contributed by atoms with van der Waals surface area (Å²) in [6.45, 7) is 0.575. The normalized spacial score (nSPS) is 18.1. The van der Waals surface area contributed by atoms with Crippen LogP contribution in [0, 0.1) is 0 Å². The number of carboxylic acids is 1. The Hall–Kier alpha value is -1.55. The molecule has 144 valence electrons. The number of carbonyl (C=O) groups excluding carboxylic acids is 1. The molecular formula is C18H21N3O3S3. The predicted molar refractivity (Wildman–Crippen MR) is 110 cm³/mol. The first-order valence-corrected chi connectivity index (χ1v) is 11.6. The molecule has 6 nitrogen and oxygen atoms in total. The van der Waals surface area contributed by atoms with Crippen molar-refractivity contribution in [1.82, 2.24) is 9.88 Å². The summed E-state index contributed by atoms with van der Waals surface area (Å²) in [5.74, 6) is -0.236. The zero-order valence-corrected chi connectivity index (χ0v) is 17.3. The number of amides is 1. The summed E-state index contributed by atoms with van der Waals surface area (Å²) in [6.07, 6.45) is 3.31. The summed E-state index contributed by atoms with van der Waals surface area (Å²) in [7, 11) is 0. The van der Waals surface area contributed by atoms with Gasteiger partial charge in [0.1, 0.15) is 0 Å². The van der Waals surface area contributed by atoms with Crippen LogP contribution in [0.4, 0.5) is 0 Å². The lowest BCUT2D eigenvalue weighted by atomic mass is 9.98. The van der Waals surface area contributed by atoms with Gasteiger partial charge in [-0.05, 0) is 30.4 Å². The highest BCUT2D eigenvalue weighted by molar-refractivity contribution is 8.01. The molecule has 0 bridgehead atoms. The smallest absolute Gasteiger partial charge is 0.355 e. The molecule has 2 heterocycles. The first kappa shape index (κ1) is 20.2. The quantitative estimate of drug-likeness (QED) is 0.629. The van der Waals surface area contributed by atoms with Gasteiger partial charge >= 0.3 is 5.97 Å². The molecule has 1 aromatic heterocycles. The van der Waals surface area contributed by atoms with Crippen molar-refractivity contribution < 1.29 is 14.7 Å². The Balaban J connectivity index is 1.62. The van der Waals surface area contributed by atoms with Crippen molar-refractivity contribution in [1.29, 1.82) is 0 Å². The topological polar surface area (TPSA) is 96.5 Å². The van der Waals surface area contributed by atoms with Crippen LogP contribution in [0.1, 0.15) is 34.9 Å². The van der Waals surface area contributed by atoms with E-state index in [-0.39, 0.29) is 23.7 Å². The van der Waals surface area contributed by atoms with Crippen LogP contribution in [-0.2, 0) is 4.79 Å². The molecular weight excluding hydrogens is 402 g/mol. The average molecular weight is 424 g/mol. The summed E-state index contributed by atoms with van der Waals surface area (Å²) in [5.41, 5.74) is 7.62. The Morgan fingerprint density at radius 3 is 3.04 bits per heavy atom. The molecule has 1 aliphatic heterocycles. The highest BCUT2D eigenvalue weighted by atomic mass is 32.2. The number of thiazole rings is 1. The average Bonchev–Trinajstić information content (AvgIpc) is 3.29. The number of nitrogens with zero attached hydrogens (tertiary/aromatic N) is 2. The van der Waals surface area contributed by atoms with Crippen molar-refractivity contribution in [2.75, 3.05) is 18.6 Å². The van der Waals surface area contributed by atoms with E-state index in [1.807, 2.05) is 23.3 Å². The molecule has 0 radical (unpaired) electrons. The van der Waals surface area contributed by atoms with E-state index >= 15 is 0 Å². The largest absolute Gasteiger partial charge is 0.476 e. The number of benzene rings is 1. The van der Waals surface area contributed by atoms with Crippen LogP contribution >= 0.6 is 34.9 Å². The minimum Gasteiger partial charge on any atom is -0.476 e. The molecule has 0 spiro atoms. The molecule has 1 aromatic carbocycles. The predicted octanol–water partition coefficient (Wildman–Crippen LogP) is 3.35. The lowest BCUT2D eigenvalue weighted by molar-refractivity contribution is -0.128. The number of hydrogen-bond acceptors (Lipinski definition) is 7. The second-order valence-electron chi connectivity index (χ2n) is 6.15. The van der Waals surface area contributed by atoms with E-state index in [0.29, 0.717) is 23.1 Å². The summed E-state index contributed by atoms with van der Waals surface area (Å²) in [5, 5.41) is 10.5. The number of carbonyl (C=O) groups is 2. The highest BCUT2D eigenvalue weighted by Crippen LogP contribution is 2.31. The second-order valence-corrected chi connectivity index (χ2v) is 9.23. The number of aromatic carboxylic acids is 1. The maximum Gasteiger partial charge on any atom is 0.355 e. The van der Waals surface area contributed by atoms with Crippen molar-refractivity contribution in [3.63, 3.8) is 0 Å². The minimum absolute atomic E-state index is 0.0129. The third-order valence-corrected chi connectivity index (χ3v) is 7.25. The van der Waals surface area contributed by atoms with Crippen molar-refractivity contribution >= 4 is 46.7 Å². The van der Waals surface area contributed by atoms with E-state index in [2.05, 4.69) is 17.1 Å². The maximum absolute atomic E-state index is 12.3. The number of aromatic nitrogens is 1. The standard InChI is InChI=1S/C18H21N3O3S3/c1-25-12-4-2-3-11(9-12)16(19)14-5-6-15(22)21(14)7-8-26-18-20-13(10-27-18)17(23)24/h2-4,9-10,14,16H,5-8,19H2,1H3,(H,23,24)/t14-,16?/m1/s1. The minimum atomic E-state index is -1.02. The van der Waals surface area contributed by atoms with Gasteiger partial charge in [0.25, 0.3) is 0 Å². The number of nitrogens with two attached hydrogens (primary N) is 1. The number of rotatable bonds is 8. The lowest BCUT2D eigenvalue weighted by Gasteiger charge is -2.30. The lowest BCUT2D eigenvalue weighted by Crippen LogP contribution is -2.41. The molecule has 2 atom stereocenters. The molecule has 2 aromatic rings. The van der Waals surface area contributed by atoms with Gasteiger partial charge in [-0.25, -0.2) is 9.78 Å². The fourth-order valence-electron chi connectivity index (χ4n) is 3.14. The summed E-state index contributed by atoms with van der Waals surface area (Å²) >= 11 is 4.45. The highest BCUT2D eigenvalue weighted by Gasteiger charge is 2.35. The second kappa shape index (κ2) is 9.09. The van der Waals surface area contributed by atoms with Crippen LogP contribution in [0.3, 0.4) is 0 Å². The molecule has 1 amide bonds. The van der Waals surface area contributed by atoms with E-state index < -0.39 is 5.97 Å². The van der Waals surface area contributed by atoms with Crippen molar-refractivity contribution in [3.8, 4) is 0 Å². The number of carboxylic acid groups (broad SMARTS) is 1. The monoisotopic (exact) mass is 423 g/mol. The summed E-state index contributed by atoms with van der Waals surface area (Å²) in [6, 6.07) is 7.93. The third kappa shape index (κ3) is 4.84. The number of hydrogen-bond donors (Lipinski definition) is 2. The zero-order valence-electron chi connectivity index (χ0n) is 14.8. The first-order chi connectivity index (χ1) is 13.0. The summed E-state index contributed by atoms with van der Waals surface area (Å²) < 4.78 is 0.701. The first-order valence-electron chi connectivity index (χ1n) is 8.50. The van der Waals surface area contributed by atoms with Crippen molar-refractivity contribution in [3.05, 3.63) is 40.9 Å². The van der Waals surface area contributed by atoms with Gasteiger partial charge in [-0.2, -0.15) is 0 Å². The molecule has 3 N–H and O–H groups in total. The molecule has 27 heavy (non-hydrogen) atoms. The molecule has 1 unspecified atom stereocenters. The molecule has 1 saturated heterocycles. The van der Waals surface area contributed by atoms with Gasteiger partial charge in [-0.15, -0.1) is 23.1 Å². The number of likely N-dealkylation sites (tertiary alicyclic amines) is 1. The van der Waals surface area contributed by atoms with Crippen LogP contribution in [0.15, 0.2) is 38.9 Å². The van der Waals surface area contributed by atoms with Gasteiger partial charge in [0.15, 0.2) is 10.0 Å². The summed E-state index contributed by atoms with van der Waals surface area (Å²) in [4.78, 5) is 30.3. The fraction of sp³-hybridized carbons (Fsp3) is 0.389. The van der Waals surface area contributed by atoms with E-state index in [4.69, 9.17) is 10.8 Å². The Labute approximate surface area is 170 Å². The van der Waals surface area contributed by atoms with E-state index in [9.17, 15) is 9.59 Å². The van der Waals surface area contributed by atoms with Crippen LogP contribution in [0.25, 0.3) is 0 Å². The van der Waals surface area contributed by atoms with Gasteiger partial charge in [-0.3, -0.25) is 4.79 Å². The molecule has 1 aliphatic rings. The molecule has 0 saturated carbocycles. The van der Waals surface area contributed by atoms with Crippen LogP contribution in [0.2, 0.25) is 0 Å². The van der Waals surface area contributed by atoms with E-state index in [1.165, 1.54) is 28.5 Å². The molecule has 1 fully saturated rings. The van der Waals surface area contributed by atoms with Crippen molar-refractivity contribution in [2.45, 2.75) is 34.2 Å².